The molecule has 6 heteroatoms. The van der Waals surface area contributed by atoms with E-state index in [0.717, 1.165) is 37.2 Å². The fourth-order valence-electron chi connectivity index (χ4n) is 2.03. The third-order valence-electron chi connectivity index (χ3n) is 3.09. The monoisotopic (exact) mass is 297 g/mol. The van der Waals surface area contributed by atoms with Crippen molar-refractivity contribution in [1.29, 1.82) is 0 Å². The lowest BCUT2D eigenvalue weighted by Gasteiger charge is -2.12. The van der Waals surface area contributed by atoms with Crippen molar-refractivity contribution in [2.45, 2.75) is 32.9 Å². The molecule has 0 amide bonds. The summed E-state index contributed by atoms with van der Waals surface area (Å²) in [6, 6.07) is 5.24. The van der Waals surface area contributed by atoms with Crippen LogP contribution in [0.15, 0.2) is 30.5 Å². The largest absolute Gasteiger partial charge is 0.416 e. The number of hydrogen-bond donors (Lipinski definition) is 1. The molecule has 1 aromatic heterocycles. The van der Waals surface area contributed by atoms with Crippen LogP contribution in [0.2, 0.25) is 0 Å². The van der Waals surface area contributed by atoms with Gasteiger partial charge in [-0.15, -0.1) is 0 Å². The number of nitrogens with one attached hydrogen (secondary N) is 1. The number of aromatic nitrogens is 2. The first-order chi connectivity index (χ1) is 9.91. The molecule has 2 aromatic rings. The summed E-state index contributed by atoms with van der Waals surface area (Å²) in [4.78, 5) is 4.32. The molecule has 114 valence electrons. The maximum absolute atomic E-state index is 12.8. The fraction of sp³-hybridized carbons (Fsp3) is 0.400. The minimum atomic E-state index is -4.35. The van der Waals surface area contributed by atoms with Crippen molar-refractivity contribution in [3.8, 4) is 5.69 Å². The van der Waals surface area contributed by atoms with E-state index in [-0.39, 0.29) is 0 Å². The highest BCUT2D eigenvalue weighted by molar-refractivity contribution is 5.45. The first-order valence-corrected chi connectivity index (χ1v) is 6.89. The molecule has 0 saturated carbocycles. The summed E-state index contributed by atoms with van der Waals surface area (Å²) in [5, 5.41) is 3.16. The lowest BCUT2D eigenvalue weighted by atomic mass is 10.2. The predicted molar refractivity (Wildman–Crippen MR) is 76.7 cm³/mol. The molecule has 0 radical (unpaired) electrons. The number of nitrogens with zero attached hydrogens (tertiary/aromatic N) is 2. The van der Waals surface area contributed by atoms with Crippen molar-refractivity contribution in [3.63, 3.8) is 0 Å². The van der Waals surface area contributed by atoms with Gasteiger partial charge in [-0.1, -0.05) is 19.4 Å². The molecule has 3 nitrogen and oxygen atoms in total. The van der Waals surface area contributed by atoms with Gasteiger partial charge in [0.25, 0.3) is 0 Å². The van der Waals surface area contributed by atoms with E-state index in [1.807, 2.05) is 6.92 Å². The Hall–Kier alpha value is -1.98. The highest BCUT2D eigenvalue weighted by atomic mass is 19.4. The topological polar surface area (TPSA) is 29.9 Å². The van der Waals surface area contributed by atoms with Gasteiger partial charge in [0.05, 0.1) is 11.3 Å². The number of hydrogen-bond acceptors (Lipinski definition) is 2. The Bertz CT molecular complexity index is 602. The Morgan fingerprint density at radius 3 is 2.71 bits per heavy atom. The Morgan fingerprint density at radius 1 is 1.29 bits per heavy atom. The van der Waals surface area contributed by atoms with Gasteiger partial charge in [-0.25, -0.2) is 4.98 Å². The lowest BCUT2D eigenvalue weighted by Crippen LogP contribution is -2.09. The average Bonchev–Trinajstić information content (AvgIpc) is 2.79. The second-order valence-corrected chi connectivity index (χ2v) is 4.90. The van der Waals surface area contributed by atoms with E-state index in [1.165, 1.54) is 6.07 Å². The summed E-state index contributed by atoms with van der Waals surface area (Å²) in [5.41, 5.74) is 0.543. The van der Waals surface area contributed by atoms with Crippen molar-refractivity contribution in [1.82, 2.24) is 9.55 Å². The second kappa shape index (κ2) is 6.20. The highest BCUT2D eigenvalue weighted by Gasteiger charge is 2.30. The van der Waals surface area contributed by atoms with Crippen LogP contribution in [0.25, 0.3) is 5.69 Å². The van der Waals surface area contributed by atoms with Gasteiger partial charge >= 0.3 is 6.18 Å². The van der Waals surface area contributed by atoms with Gasteiger partial charge in [0, 0.05) is 18.4 Å². The van der Waals surface area contributed by atoms with Crippen LogP contribution in [0.3, 0.4) is 0 Å². The molecular formula is C15H18F3N3. The standard InChI is InChI=1S/C15H18F3N3/c1-3-4-8-19-14-20-11(2)10-21(14)13-7-5-6-12(9-13)15(16,17)18/h5-7,9-10H,3-4,8H2,1-2H3,(H,19,20). The minimum Gasteiger partial charge on any atom is -0.355 e. The maximum Gasteiger partial charge on any atom is 0.416 e. The van der Waals surface area contributed by atoms with Crippen molar-refractivity contribution in [2.75, 3.05) is 11.9 Å². The lowest BCUT2D eigenvalue weighted by molar-refractivity contribution is -0.137. The molecule has 0 fully saturated rings. The van der Waals surface area contributed by atoms with E-state index in [0.29, 0.717) is 11.6 Å². The second-order valence-electron chi connectivity index (χ2n) is 4.90. The predicted octanol–water partition coefficient (Wildman–Crippen LogP) is 4.41. The van der Waals surface area contributed by atoms with Crippen molar-refractivity contribution in [3.05, 3.63) is 41.7 Å². The number of imidazole rings is 1. The number of aryl methyl sites for hydroxylation is 1. The van der Waals surface area contributed by atoms with Gasteiger partial charge in [0.1, 0.15) is 0 Å². The molecule has 0 aliphatic heterocycles. The molecule has 1 aromatic carbocycles. The van der Waals surface area contributed by atoms with Crippen molar-refractivity contribution < 1.29 is 13.2 Å². The number of unbranched alkanes of at least 4 members (excludes halogenated alkanes) is 1. The van der Waals surface area contributed by atoms with Crippen LogP contribution in [-0.4, -0.2) is 16.1 Å². The molecule has 0 unspecified atom stereocenters. The van der Waals surface area contributed by atoms with E-state index in [2.05, 4.69) is 17.2 Å². The molecule has 0 saturated heterocycles. The van der Waals surface area contributed by atoms with Crippen LogP contribution in [0.5, 0.6) is 0 Å². The number of alkyl halides is 3. The van der Waals surface area contributed by atoms with Gasteiger partial charge in [0.15, 0.2) is 0 Å². The first kappa shape index (κ1) is 15.4. The maximum atomic E-state index is 12.8. The molecule has 0 aliphatic rings. The normalized spacial score (nSPS) is 11.7. The Kier molecular flexibility index (Phi) is 4.55. The molecular weight excluding hydrogens is 279 g/mol. The summed E-state index contributed by atoms with van der Waals surface area (Å²) in [7, 11) is 0. The number of halogens is 3. The molecule has 21 heavy (non-hydrogen) atoms. The van der Waals surface area contributed by atoms with Gasteiger partial charge in [0.2, 0.25) is 5.95 Å². The van der Waals surface area contributed by atoms with Crippen LogP contribution < -0.4 is 5.32 Å². The summed E-state index contributed by atoms with van der Waals surface area (Å²) < 4.78 is 40.0. The quantitative estimate of drug-likeness (QED) is 0.828. The molecule has 0 atom stereocenters. The molecule has 1 N–H and O–H groups in total. The summed E-state index contributed by atoms with van der Waals surface area (Å²) in [6.07, 6.45) is -0.601. The zero-order valence-corrected chi connectivity index (χ0v) is 12.0. The summed E-state index contributed by atoms with van der Waals surface area (Å²) in [6.45, 7) is 4.63. The van der Waals surface area contributed by atoms with Gasteiger partial charge < -0.3 is 5.32 Å². The first-order valence-electron chi connectivity index (χ1n) is 6.89. The van der Waals surface area contributed by atoms with E-state index < -0.39 is 11.7 Å². The minimum absolute atomic E-state index is 0.449. The summed E-state index contributed by atoms with van der Waals surface area (Å²) in [5.74, 6) is 0.570. The third kappa shape index (κ3) is 3.77. The molecule has 1 heterocycles. The third-order valence-corrected chi connectivity index (χ3v) is 3.09. The van der Waals surface area contributed by atoms with Crippen LogP contribution in [-0.2, 0) is 6.18 Å². The van der Waals surface area contributed by atoms with E-state index in [1.54, 1.807) is 16.8 Å². The number of anilines is 1. The van der Waals surface area contributed by atoms with Gasteiger partial charge in [-0.2, -0.15) is 13.2 Å². The van der Waals surface area contributed by atoms with E-state index in [4.69, 9.17) is 0 Å². The zero-order chi connectivity index (χ0) is 15.5. The smallest absolute Gasteiger partial charge is 0.355 e. The molecule has 2 rings (SSSR count). The Balaban J connectivity index is 2.33. The average molecular weight is 297 g/mol. The molecule has 0 bridgehead atoms. The fourth-order valence-corrected chi connectivity index (χ4v) is 2.03. The SMILES string of the molecule is CCCCNc1nc(C)cn1-c1cccc(C(F)(F)F)c1. The van der Waals surface area contributed by atoms with Crippen LogP contribution in [0.1, 0.15) is 31.0 Å². The van der Waals surface area contributed by atoms with Gasteiger partial charge in [-0.3, -0.25) is 4.57 Å². The molecule has 0 spiro atoms. The van der Waals surface area contributed by atoms with Crippen LogP contribution >= 0.6 is 0 Å². The zero-order valence-electron chi connectivity index (χ0n) is 12.0. The Morgan fingerprint density at radius 2 is 2.05 bits per heavy atom. The number of rotatable bonds is 5. The van der Waals surface area contributed by atoms with E-state index >= 15 is 0 Å². The number of benzene rings is 1. The van der Waals surface area contributed by atoms with Crippen molar-refractivity contribution >= 4 is 5.95 Å². The Labute approximate surface area is 121 Å². The van der Waals surface area contributed by atoms with E-state index in [9.17, 15) is 13.2 Å². The summed E-state index contributed by atoms with van der Waals surface area (Å²) >= 11 is 0. The highest BCUT2D eigenvalue weighted by Crippen LogP contribution is 2.31. The van der Waals surface area contributed by atoms with Crippen molar-refractivity contribution in [2.24, 2.45) is 0 Å². The van der Waals surface area contributed by atoms with Crippen LogP contribution in [0, 0.1) is 6.92 Å². The van der Waals surface area contributed by atoms with Crippen LogP contribution in [0.4, 0.5) is 19.1 Å². The van der Waals surface area contributed by atoms with Gasteiger partial charge in [-0.05, 0) is 31.5 Å². The molecule has 0 aliphatic carbocycles.